The van der Waals surface area contributed by atoms with E-state index in [1.165, 1.54) is 0 Å². The number of aromatic nitrogens is 3. The number of rotatable bonds is 0. The molecule has 1 heterocycles. The standard InChI is InChI=1S/C8H2ClF4N3/c9-7-4-1-3(10)2-5(8(11,12)13)6(4)14-16-15-7/h1-2H. The van der Waals surface area contributed by atoms with Crippen molar-refractivity contribution in [3.8, 4) is 0 Å². The molecule has 0 atom stereocenters. The Bertz CT molecular complexity index is 555. The number of hydrogen-bond donors (Lipinski definition) is 0. The zero-order chi connectivity index (χ0) is 11.9. The maximum Gasteiger partial charge on any atom is 0.418 e. The van der Waals surface area contributed by atoms with Crippen molar-refractivity contribution >= 4 is 22.5 Å². The predicted octanol–water partition coefficient (Wildman–Crippen LogP) is 2.84. The highest BCUT2D eigenvalue weighted by Crippen LogP contribution is 2.35. The first-order valence-corrected chi connectivity index (χ1v) is 4.32. The maximum absolute atomic E-state index is 13.0. The van der Waals surface area contributed by atoms with Gasteiger partial charge in [0.1, 0.15) is 11.3 Å². The lowest BCUT2D eigenvalue weighted by Crippen LogP contribution is -2.08. The highest BCUT2D eigenvalue weighted by Gasteiger charge is 2.34. The molecule has 1 aromatic carbocycles. The fraction of sp³-hybridized carbons (Fsp3) is 0.125. The minimum atomic E-state index is -4.72. The lowest BCUT2D eigenvalue weighted by molar-refractivity contribution is -0.136. The van der Waals surface area contributed by atoms with Gasteiger partial charge in [-0.2, -0.15) is 13.2 Å². The summed E-state index contributed by atoms with van der Waals surface area (Å²) in [4.78, 5) is 0. The first-order valence-electron chi connectivity index (χ1n) is 3.95. The Balaban J connectivity index is 2.89. The van der Waals surface area contributed by atoms with E-state index >= 15 is 0 Å². The normalized spacial score (nSPS) is 12.1. The predicted molar refractivity (Wildman–Crippen MR) is 47.3 cm³/mol. The molecule has 84 valence electrons. The lowest BCUT2D eigenvalue weighted by Gasteiger charge is -2.09. The fourth-order valence-corrected chi connectivity index (χ4v) is 1.42. The number of alkyl halides is 3. The van der Waals surface area contributed by atoms with Gasteiger partial charge in [-0.15, -0.1) is 10.2 Å². The minimum absolute atomic E-state index is 0.219. The van der Waals surface area contributed by atoms with Gasteiger partial charge in [0.25, 0.3) is 0 Å². The molecule has 0 bridgehead atoms. The number of halogens is 5. The van der Waals surface area contributed by atoms with Crippen LogP contribution in [0.4, 0.5) is 17.6 Å². The van der Waals surface area contributed by atoms with Gasteiger partial charge >= 0.3 is 6.18 Å². The molecule has 0 radical (unpaired) electrons. The quantitative estimate of drug-likeness (QED) is 0.676. The minimum Gasteiger partial charge on any atom is -0.207 e. The van der Waals surface area contributed by atoms with Crippen molar-refractivity contribution in [2.75, 3.05) is 0 Å². The molecule has 1 aromatic heterocycles. The molecule has 0 saturated carbocycles. The molecule has 2 rings (SSSR count). The van der Waals surface area contributed by atoms with Crippen LogP contribution in [0.3, 0.4) is 0 Å². The third-order valence-corrected chi connectivity index (χ3v) is 2.16. The second-order valence-corrected chi connectivity index (χ2v) is 3.29. The van der Waals surface area contributed by atoms with Gasteiger partial charge in [0, 0.05) is 5.39 Å². The summed E-state index contributed by atoms with van der Waals surface area (Å²) >= 11 is 5.50. The van der Waals surface area contributed by atoms with Gasteiger partial charge in [0.05, 0.1) is 5.56 Å². The number of benzene rings is 1. The molecule has 3 nitrogen and oxygen atoms in total. The number of nitrogens with zero attached hydrogens (tertiary/aromatic N) is 3. The Kier molecular flexibility index (Phi) is 2.42. The van der Waals surface area contributed by atoms with E-state index in [2.05, 4.69) is 15.4 Å². The lowest BCUT2D eigenvalue weighted by atomic mass is 10.1. The van der Waals surface area contributed by atoms with Crippen LogP contribution in [0.15, 0.2) is 12.1 Å². The average Bonchev–Trinajstić information content (AvgIpc) is 2.17. The van der Waals surface area contributed by atoms with E-state index in [4.69, 9.17) is 11.6 Å². The second-order valence-electron chi connectivity index (χ2n) is 2.93. The molecule has 8 heteroatoms. The second kappa shape index (κ2) is 3.51. The molecule has 0 saturated heterocycles. The Hall–Kier alpha value is -1.50. The SMILES string of the molecule is Fc1cc(C(F)(F)F)c2nnnc(Cl)c2c1. The summed E-state index contributed by atoms with van der Waals surface area (Å²) in [6, 6.07) is 1.17. The topological polar surface area (TPSA) is 38.7 Å². The average molecular weight is 252 g/mol. The van der Waals surface area contributed by atoms with Crippen LogP contribution in [-0.4, -0.2) is 15.4 Å². The molecule has 0 fully saturated rings. The third kappa shape index (κ3) is 1.78. The van der Waals surface area contributed by atoms with E-state index < -0.39 is 23.1 Å². The summed E-state index contributed by atoms with van der Waals surface area (Å²) in [7, 11) is 0. The van der Waals surface area contributed by atoms with E-state index in [9.17, 15) is 17.6 Å². The Labute approximate surface area is 91.0 Å². The zero-order valence-corrected chi connectivity index (χ0v) is 8.14. The van der Waals surface area contributed by atoms with Crippen molar-refractivity contribution in [2.45, 2.75) is 6.18 Å². The van der Waals surface area contributed by atoms with E-state index in [-0.39, 0.29) is 10.5 Å². The van der Waals surface area contributed by atoms with Crippen molar-refractivity contribution in [3.05, 3.63) is 28.7 Å². The molecule has 2 aromatic rings. The Morgan fingerprint density at radius 1 is 1.12 bits per heavy atom. The van der Waals surface area contributed by atoms with Gasteiger partial charge in [-0.3, -0.25) is 0 Å². The highest BCUT2D eigenvalue weighted by molar-refractivity contribution is 6.34. The van der Waals surface area contributed by atoms with E-state index in [0.29, 0.717) is 6.07 Å². The van der Waals surface area contributed by atoms with Crippen LogP contribution in [0.1, 0.15) is 5.56 Å². The van der Waals surface area contributed by atoms with Crippen molar-refractivity contribution in [1.29, 1.82) is 0 Å². The molecule has 0 aliphatic carbocycles. The van der Waals surface area contributed by atoms with Crippen molar-refractivity contribution in [1.82, 2.24) is 15.4 Å². The molecule has 0 spiro atoms. The van der Waals surface area contributed by atoms with Gasteiger partial charge in [-0.25, -0.2) is 4.39 Å². The summed E-state index contributed by atoms with van der Waals surface area (Å²) in [5.41, 5.74) is -1.74. The Morgan fingerprint density at radius 3 is 2.44 bits per heavy atom. The first-order chi connectivity index (χ1) is 7.39. The summed E-state index contributed by atoms with van der Waals surface area (Å²) < 4.78 is 50.6. The molecule has 0 aliphatic heterocycles. The van der Waals surface area contributed by atoms with Gasteiger partial charge in [-0.05, 0) is 17.3 Å². The van der Waals surface area contributed by atoms with Crippen LogP contribution in [0, 0.1) is 5.82 Å². The largest absolute Gasteiger partial charge is 0.418 e. The number of hydrogen-bond acceptors (Lipinski definition) is 3. The third-order valence-electron chi connectivity index (χ3n) is 1.88. The molecular formula is C8H2ClF4N3. The van der Waals surface area contributed by atoms with Gasteiger partial charge in [-0.1, -0.05) is 11.6 Å². The van der Waals surface area contributed by atoms with E-state index in [0.717, 1.165) is 6.07 Å². The Morgan fingerprint density at radius 2 is 1.81 bits per heavy atom. The monoisotopic (exact) mass is 251 g/mol. The van der Waals surface area contributed by atoms with Gasteiger partial charge in [0.15, 0.2) is 5.15 Å². The fourth-order valence-electron chi connectivity index (χ4n) is 1.24. The van der Waals surface area contributed by atoms with E-state index in [1.54, 1.807) is 0 Å². The van der Waals surface area contributed by atoms with Crippen LogP contribution in [-0.2, 0) is 6.18 Å². The highest BCUT2D eigenvalue weighted by atomic mass is 35.5. The summed E-state index contributed by atoms with van der Waals surface area (Å²) in [6.45, 7) is 0. The van der Waals surface area contributed by atoms with Crippen LogP contribution in [0.5, 0.6) is 0 Å². The van der Waals surface area contributed by atoms with Gasteiger partial charge in [0.2, 0.25) is 0 Å². The van der Waals surface area contributed by atoms with Crippen LogP contribution in [0.25, 0.3) is 10.9 Å². The number of fused-ring (bicyclic) bond motifs is 1. The van der Waals surface area contributed by atoms with E-state index in [1.807, 2.05) is 0 Å². The van der Waals surface area contributed by atoms with Crippen LogP contribution >= 0.6 is 11.6 Å². The molecule has 0 N–H and O–H groups in total. The molecule has 0 amide bonds. The summed E-state index contributed by atoms with van der Waals surface area (Å²) in [6.07, 6.45) is -4.72. The molecular weight excluding hydrogens is 250 g/mol. The van der Waals surface area contributed by atoms with Crippen molar-refractivity contribution in [2.24, 2.45) is 0 Å². The summed E-state index contributed by atoms with van der Waals surface area (Å²) in [5.74, 6) is -1.06. The van der Waals surface area contributed by atoms with Crippen molar-refractivity contribution in [3.63, 3.8) is 0 Å². The summed E-state index contributed by atoms with van der Waals surface area (Å²) in [5, 5.41) is 8.98. The van der Waals surface area contributed by atoms with Crippen molar-refractivity contribution < 1.29 is 17.6 Å². The molecule has 0 aliphatic rings. The van der Waals surface area contributed by atoms with Crippen LogP contribution in [0.2, 0.25) is 5.15 Å². The molecule has 0 unspecified atom stereocenters. The molecule has 16 heavy (non-hydrogen) atoms. The maximum atomic E-state index is 13.0. The van der Waals surface area contributed by atoms with Crippen LogP contribution < -0.4 is 0 Å². The first kappa shape index (κ1) is 11.0. The van der Waals surface area contributed by atoms with Gasteiger partial charge < -0.3 is 0 Å². The smallest absolute Gasteiger partial charge is 0.207 e. The zero-order valence-electron chi connectivity index (χ0n) is 7.39.